The van der Waals surface area contributed by atoms with Gasteiger partial charge in [0.15, 0.2) is 0 Å². The first-order chi connectivity index (χ1) is 8.32. The molecule has 1 aromatic carbocycles. The summed E-state index contributed by atoms with van der Waals surface area (Å²) >= 11 is 0. The van der Waals surface area contributed by atoms with E-state index < -0.39 is 17.6 Å². The summed E-state index contributed by atoms with van der Waals surface area (Å²) < 4.78 is 37.9. The third-order valence-corrected chi connectivity index (χ3v) is 2.99. The van der Waals surface area contributed by atoms with E-state index in [2.05, 4.69) is 5.32 Å². The predicted molar refractivity (Wildman–Crippen MR) is 60.7 cm³/mol. The average Bonchev–Trinajstić information content (AvgIpc) is 2.97. The molecule has 98 valence electrons. The van der Waals surface area contributed by atoms with Crippen LogP contribution in [0, 0.1) is 0 Å². The molecule has 1 aliphatic carbocycles. The number of nitrogens with one attached hydrogen (secondary N) is 1. The van der Waals surface area contributed by atoms with Crippen LogP contribution in [0.1, 0.15) is 18.4 Å². The Morgan fingerprint density at radius 2 is 2.06 bits per heavy atom. The van der Waals surface area contributed by atoms with E-state index in [9.17, 15) is 18.0 Å². The molecule has 18 heavy (non-hydrogen) atoms. The van der Waals surface area contributed by atoms with Crippen molar-refractivity contribution in [3.05, 3.63) is 29.8 Å². The van der Waals surface area contributed by atoms with Gasteiger partial charge in [-0.25, -0.2) is 0 Å². The maximum atomic E-state index is 12.6. The summed E-state index contributed by atoms with van der Waals surface area (Å²) in [5.41, 5.74) is 4.62. The van der Waals surface area contributed by atoms with Crippen molar-refractivity contribution in [1.29, 1.82) is 0 Å². The number of nitrogen functional groups attached to an aromatic ring is 1. The quantitative estimate of drug-likeness (QED) is 0.815. The molecule has 1 saturated carbocycles. The summed E-state index contributed by atoms with van der Waals surface area (Å²) in [5.74, 6) is -0.629. The molecule has 0 saturated heterocycles. The number of carbonyl (C=O) groups is 1. The summed E-state index contributed by atoms with van der Waals surface area (Å²) in [5, 5.41) is 2.07. The molecular weight excluding hydrogens is 245 g/mol. The zero-order chi connectivity index (χ0) is 13.4. The van der Waals surface area contributed by atoms with Crippen molar-refractivity contribution >= 4 is 11.6 Å². The Hall–Kier alpha value is -1.72. The molecule has 0 radical (unpaired) electrons. The van der Waals surface area contributed by atoms with E-state index >= 15 is 0 Å². The van der Waals surface area contributed by atoms with Gasteiger partial charge in [-0.1, -0.05) is 12.1 Å². The van der Waals surface area contributed by atoms with E-state index in [0.29, 0.717) is 11.3 Å². The number of amides is 1. The SMILES string of the molecule is Nc1cccc(CC(=O)NC2(C(F)(F)F)CC2)c1. The minimum atomic E-state index is -4.38. The van der Waals surface area contributed by atoms with E-state index in [1.165, 1.54) is 0 Å². The van der Waals surface area contributed by atoms with E-state index in [1.54, 1.807) is 24.3 Å². The summed E-state index contributed by atoms with van der Waals surface area (Å²) in [6, 6.07) is 6.55. The summed E-state index contributed by atoms with van der Waals surface area (Å²) in [6.07, 6.45) is -4.56. The van der Waals surface area contributed by atoms with Crippen LogP contribution in [-0.4, -0.2) is 17.6 Å². The van der Waals surface area contributed by atoms with Gasteiger partial charge in [0.1, 0.15) is 5.54 Å². The minimum absolute atomic E-state index is 0.0425. The number of nitrogens with two attached hydrogens (primary N) is 1. The predicted octanol–water partition coefficient (Wildman–Crippen LogP) is 2.02. The van der Waals surface area contributed by atoms with Crippen molar-refractivity contribution in [2.24, 2.45) is 0 Å². The Bertz CT molecular complexity index is 467. The lowest BCUT2D eigenvalue weighted by Gasteiger charge is -2.20. The molecular formula is C12H13F3N2O. The smallest absolute Gasteiger partial charge is 0.399 e. The molecule has 0 aromatic heterocycles. The standard InChI is InChI=1S/C12H13F3N2O/c13-12(14,15)11(4-5-11)17-10(18)7-8-2-1-3-9(16)6-8/h1-3,6H,4-5,7,16H2,(H,17,18). The van der Waals surface area contributed by atoms with Gasteiger partial charge in [0.2, 0.25) is 5.91 Å². The molecule has 0 atom stereocenters. The Labute approximate surface area is 102 Å². The van der Waals surface area contributed by atoms with Crippen molar-refractivity contribution in [3.8, 4) is 0 Å². The van der Waals surface area contributed by atoms with Gasteiger partial charge in [0, 0.05) is 5.69 Å². The fourth-order valence-corrected chi connectivity index (χ4v) is 1.80. The van der Waals surface area contributed by atoms with Crippen LogP contribution >= 0.6 is 0 Å². The number of benzene rings is 1. The first-order valence-electron chi connectivity index (χ1n) is 5.55. The molecule has 3 N–H and O–H groups in total. The molecule has 2 rings (SSSR count). The molecule has 0 unspecified atom stereocenters. The van der Waals surface area contributed by atoms with Gasteiger partial charge in [0.05, 0.1) is 6.42 Å². The first kappa shape index (κ1) is 12.7. The topological polar surface area (TPSA) is 55.1 Å². The van der Waals surface area contributed by atoms with E-state index in [0.717, 1.165) is 0 Å². The molecule has 0 aliphatic heterocycles. The molecule has 0 bridgehead atoms. The van der Waals surface area contributed by atoms with Gasteiger partial charge in [-0.3, -0.25) is 4.79 Å². The monoisotopic (exact) mass is 258 g/mol. The second-order valence-corrected chi connectivity index (χ2v) is 4.55. The number of hydrogen-bond donors (Lipinski definition) is 2. The molecule has 0 heterocycles. The second kappa shape index (κ2) is 4.19. The number of rotatable bonds is 3. The molecule has 6 heteroatoms. The molecule has 0 spiro atoms. The highest BCUT2D eigenvalue weighted by Crippen LogP contribution is 2.48. The highest BCUT2D eigenvalue weighted by Gasteiger charge is 2.64. The van der Waals surface area contributed by atoms with Gasteiger partial charge in [-0.05, 0) is 30.5 Å². The average molecular weight is 258 g/mol. The Morgan fingerprint density at radius 3 is 2.56 bits per heavy atom. The lowest BCUT2D eigenvalue weighted by molar-refractivity contribution is -0.170. The summed E-state index contributed by atoms with van der Waals surface area (Å²) in [6.45, 7) is 0. The Balaban J connectivity index is 1.98. The number of halogens is 3. The third kappa shape index (κ3) is 2.57. The molecule has 1 aromatic rings. The number of anilines is 1. The van der Waals surface area contributed by atoms with E-state index in [1.807, 2.05) is 0 Å². The minimum Gasteiger partial charge on any atom is -0.399 e. The van der Waals surface area contributed by atoms with Gasteiger partial charge in [-0.15, -0.1) is 0 Å². The highest BCUT2D eigenvalue weighted by atomic mass is 19.4. The van der Waals surface area contributed by atoms with Crippen molar-refractivity contribution in [3.63, 3.8) is 0 Å². The van der Waals surface area contributed by atoms with Crippen LogP contribution in [0.4, 0.5) is 18.9 Å². The van der Waals surface area contributed by atoms with Crippen molar-refractivity contribution in [2.45, 2.75) is 31.0 Å². The van der Waals surface area contributed by atoms with Gasteiger partial charge < -0.3 is 11.1 Å². The van der Waals surface area contributed by atoms with Crippen molar-refractivity contribution < 1.29 is 18.0 Å². The fourth-order valence-electron chi connectivity index (χ4n) is 1.80. The molecule has 1 amide bonds. The third-order valence-electron chi connectivity index (χ3n) is 2.99. The molecule has 1 fully saturated rings. The number of alkyl halides is 3. The highest BCUT2D eigenvalue weighted by molar-refractivity contribution is 5.80. The first-order valence-corrected chi connectivity index (χ1v) is 5.55. The zero-order valence-corrected chi connectivity index (χ0v) is 9.55. The van der Waals surface area contributed by atoms with Crippen molar-refractivity contribution in [1.82, 2.24) is 5.32 Å². The molecule has 3 nitrogen and oxygen atoms in total. The van der Waals surface area contributed by atoms with Crippen LogP contribution in [0.15, 0.2) is 24.3 Å². The lowest BCUT2D eigenvalue weighted by atomic mass is 10.1. The van der Waals surface area contributed by atoms with Crippen LogP contribution in [-0.2, 0) is 11.2 Å². The van der Waals surface area contributed by atoms with E-state index in [4.69, 9.17) is 5.73 Å². The number of carbonyl (C=O) groups excluding carboxylic acids is 1. The normalized spacial score (nSPS) is 17.3. The van der Waals surface area contributed by atoms with Gasteiger partial charge in [-0.2, -0.15) is 13.2 Å². The summed E-state index contributed by atoms with van der Waals surface area (Å²) in [7, 11) is 0. The van der Waals surface area contributed by atoms with Gasteiger partial charge in [0.25, 0.3) is 0 Å². The van der Waals surface area contributed by atoms with Crippen molar-refractivity contribution in [2.75, 3.05) is 5.73 Å². The van der Waals surface area contributed by atoms with Crippen LogP contribution < -0.4 is 11.1 Å². The Kier molecular flexibility index (Phi) is 2.96. The van der Waals surface area contributed by atoms with Crippen LogP contribution in [0.3, 0.4) is 0 Å². The lowest BCUT2D eigenvalue weighted by Crippen LogP contribution is -2.48. The van der Waals surface area contributed by atoms with Crippen LogP contribution in [0.5, 0.6) is 0 Å². The van der Waals surface area contributed by atoms with Gasteiger partial charge >= 0.3 is 6.18 Å². The van der Waals surface area contributed by atoms with Crippen LogP contribution in [0.2, 0.25) is 0 Å². The largest absolute Gasteiger partial charge is 0.411 e. The maximum Gasteiger partial charge on any atom is 0.411 e. The zero-order valence-electron chi connectivity index (χ0n) is 9.55. The van der Waals surface area contributed by atoms with E-state index in [-0.39, 0.29) is 19.3 Å². The number of hydrogen-bond acceptors (Lipinski definition) is 2. The fraction of sp³-hybridized carbons (Fsp3) is 0.417. The Morgan fingerprint density at radius 1 is 1.39 bits per heavy atom. The summed E-state index contributed by atoms with van der Waals surface area (Å²) in [4.78, 5) is 11.6. The molecule has 1 aliphatic rings. The maximum absolute atomic E-state index is 12.6. The second-order valence-electron chi connectivity index (χ2n) is 4.55. The van der Waals surface area contributed by atoms with Crippen LogP contribution in [0.25, 0.3) is 0 Å².